The highest BCUT2D eigenvalue weighted by Crippen LogP contribution is 2.43. The molecule has 0 amide bonds. The number of nitrogens with zero attached hydrogens (tertiary/aromatic N) is 3. The summed E-state index contributed by atoms with van der Waals surface area (Å²) in [4.78, 5) is 16.0. The first-order chi connectivity index (χ1) is 26.8. The van der Waals surface area contributed by atoms with Gasteiger partial charge in [0.1, 0.15) is 0 Å². The lowest BCUT2D eigenvalue weighted by molar-refractivity contribution is 1.08. The molecule has 0 aliphatic carbocycles. The topological polar surface area (TPSA) is 38.7 Å². The fraction of sp³-hybridized carbons (Fsp3) is 0. The standard InChI is InChI=1S/C51H33N3/c1-3-17-34(18-4-1)38-23-11-14-28-44(38)49-52-50(45-29-15-12-24-39(45)35-19-5-2-6-20-35)54-51(53-49)46-30-16-13-27-42(46)48-41-26-10-8-22-37(41)33-47-40-25-9-7-21-36(40)31-32-43(47)48/h1-33H. The Morgan fingerprint density at radius 2 is 0.648 bits per heavy atom. The fourth-order valence-electron chi connectivity index (χ4n) is 7.84. The molecule has 0 unspecified atom stereocenters. The summed E-state index contributed by atoms with van der Waals surface area (Å²) in [6, 6.07) is 70.4. The van der Waals surface area contributed by atoms with E-state index in [0.29, 0.717) is 17.5 Å². The van der Waals surface area contributed by atoms with Gasteiger partial charge in [0.15, 0.2) is 17.5 Å². The van der Waals surface area contributed by atoms with Crippen LogP contribution in [0.1, 0.15) is 0 Å². The summed E-state index contributed by atoms with van der Waals surface area (Å²) < 4.78 is 0. The maximum atomic E-state index is 5.36. The largest absolute Gasteiger partial charge is 0.208 e. The van der Waals surface area contributed by atoms with Gasteiger partial charge in [0, 0.05) is 16.7 Å². The minimum Gasteiger partial charge on any atom is -0.208 e. The molecule has 252 valence electrons. The Morgan fingerprint density at radius 1 is 0.241 bits per heavy atom. The highest BCUT2D eigenvalue weighted by atomic mass is 15.0. The number of hydrogen-bond acceptors (Lipinski definition) is 3. The average Bonchev–Trinajstić information content (AvgIpc) is 3.26. The maximum Gasteiger partial charge on any atom is 0.164 e. The second-order valence-electron chi connectivity index (χ2n) is 13.5. The van der Waals surface area contributed by atoms with Crippen molar-refractivity contribution in [2.45, 2.75) is 0 Å². The molecule has 0 saturated carbocycles. The Hall–Kier alpha value is -7.23. The van der Waals surface area contributed by atoms with Gasteiger partial charge in [0.2, 0.25) is 0 Å². The summed E-state index contributed by atoms with van der Waals surface area (Å²) in [5, 5.41) is 7.25. The predicted octanol–water partition coefficient (Wildman–Crippen LogP) is 13.3. The van der Waals surface area contributed by atoms with E-state index in [1.165, 1.54) is 37.9 Å². The second-order valence-corrected chi connectivity index (χ2v) is 13.5. The predicted molar refractivity (Wildman–Crippen MR) is 225 cm³/mol. The molecule has 10 aromatic rings. The SMILES string of the molecule is c1ccc(-c2ccccc2-c2nc(-c3ccccc3-c3ccccc3)nc(-c3ccccc3-c3c4ccccc4cc4c3ccc3ccccc34)n2)cc1. The molecule has 0 spiro atoms. The van der Waals surface area contributed by atoms with Crippen LogP contribution in [-0.2, 0) is 0 Å². The highest BCUT2D eigenvalue weighted by Gasteiger charge is 2.21. The van der Waals surface area contributed by atoms with Crippen LogP contribution in [0.25, 0.3) is 99.9 Å². The molecule has 0 atom stereocenters. The summed E-state index contributed by atoms with van der Waals surface area (Å²) in [6.07, 6.45) is 0. The van der Waals surface area contributed by atoms with Crippen molar-refractivity contribution >= 4 is 32.3 Å². The molecule has 3 nitrogen and oxygen atoms in total. The Kier molecular flexibility index (Phi) is 7.81. The van der Waals surface area contributed by atoms with Gasteiger partial charge in [-0.3, -0.25) is 0 Å². The molecule has 0 saturated heterocycles. The highest BCUT2D eigenvalue weighted by molar-refractivity contribution is 6.21. The van der Waals surface area contributed by atoms with Crippen LogP contribution >= 0.6 is 0 Å². The fourth-order valence-corrected chi connectivity index (χ4v) is 7.84. The lowest BCUT2D eigenvalue weighted by Gasteiger charge is -2.18. The van der Waals surface area contributed by atoms with Crippen LogP contribution in [-0.4, -0.2) is 15.0 Å². The van der Waals surface area contributed by atoms with Crippen molar-refractivity contribution in [3.8, 4) is 67.5 Å². The van der Waals surface area contributed by atoms with Crippen LogP contribution in [0, 0.1) is 0 Å². The van der Waals surface area contributed by atoms with E-state index >= 15 is 0 Å². The van der Waals surface area contributed by atoms with Crippen molar-refractivity contribution < 1.29 is 0 Å². The third-order valence-electron chi connectivity index (χ3n) is 10.3. The summed E-state index contributed by atoms with van der Waals surface area (Å²) in [5.74, 6) is 1.87. The number of hydrogen-bond donors (Lipinski definition) is 0. The second kappa shape index (κ2) is 13.4. The van der Waals surface area contributed by atoms with Crippen LogP contribution in [0.3, 0.4) is 0 Å². The molecule has 9 aromatic carbocycles. The lowest BCUT2D eigenvalue weighted by atomic mass is 9.88. The first-order valence-electron chi connectivity index (χ1n) is 18.3. The normalized spacial score (nSPS) is 11.3. The molecule has 1 heterocycles. The molecule has 10 rings (SSSR count). The first-order valence-corrected chi connectivity index (χ1v) is 18.3. The molecule has 0 aliphatic heterocycles. The molecule has 0 radical (unpaired) electrons. The van der Waals surface area contributed by atoms with E-state index in [1.54, 1.807) is 0 Å². The monoisotopic (exact) mass is 687 g/mol. The van der Waals surface area contributed by atoms with E-state index in [-0.39, 0.29) is 0 Å². The summed E-state index contributed by atoms with van der Waals surface area (Å²) in [6.45, 7) is 0. The van der Waals surface area contributed by atoms with Crippen molar-refractivity contribution in [2.75, 3.05) is 0 Å². The van der Waals surface area contributed by atoms with Crippen LogP contribution in [0.15, 0.2) is 200 Å². The maximum absolute atomic E-state index is 5.36. The third-order valence-corrected chi connectivity index (χ3v) is 10.3. The van der Waals surface area contributed by atoms with Gasteiger partial charge < -0.3 is 0 Å². The quantitative estimate of drug-likeness (QED) is 0.129. The van der Waals surface area contributed by atoms with Gasteiger partial charge in [-0.1, -0.05) is 194 Å². The van der Waals surface area contributed by atoms with Crippen molar-refractivity contribution in [3.05, 3.63) is 200 Å². The van der Waals surface area contributed by atoms with Gasteiger partial charge in [0.05, 0.1) is 0 Å². The summed E-state index contributed by atoms with van der Waals surface area (Å²) >= 11 is 0. The van der Waals surface area contributed by atoms with Crippen molar-refractivity contribution in [2.24, 2.45) is 0 Å². The zero-order chi connectivity index (χ0) is 35.8. The van der Waals surface area contributed by atoms with Crippen LogP contribution < -0.4 is 0 Å². The summed E-state index contributed by atoms with van der Waals surface area (Å²) in [5.41, 5.74) is 9.44. The number of fused-ring (bicyclic) bond motifs is 4. The third kappa shape index (κ3) is 5.51. The molecule has 0 N–H and O–H groups in total. The summed E-state index contributed by atoms with van der Waals surface area (Å²) in [7, 11) is 0. The molecule has 0 bridgehead atoms. The van der Waals surface area contributed by atoms with Crippen LogP contribution in [0.4, 0.5) is 0 Å². The van der Waals surface area contributed by atoms with Crippen molar-refractivity contribution in [3.63, 3.8) is 0 Å². The first kappa shape index (κ1) is 31.5. The Labute approximate surface area is 313 Å². The molecule has 3 heteroatoms. The number of benzene rings is 9. The minimum absolute atomic E-state index is 0.623. The van der Waals surface area contributed by atoms with E-state index < -0.39 is 0 Å². The van der Waals surface area contributed by atoms with E-state index in [4.69, 9.17) is 15.0 Å². The van der Waals surface area contributed by atoms with E-state index in [9.17, 15) is 0 Å². The molecule has 0 fully saturated rings. The average molecular weight is 688 g/mol. The molecule has 54 heavy (non-hydrogen) atoms. The number of aromatic nitrogens is 3. The molecule has 0 aliphatic rings. The Morgan fingerprint density at radius 3 is 1.20 bits per heavy atom. The Balaban J connectivity index is 1.27. The van der Waals surface area contributed by atoms with E-state index in [0.717, 1.165) is 44.5 Å². The zero-order valence-electron chi connectivity index (χ0n) is 29.4. The van der Waals surface area contributed by atoms with Crippen LogP contribution in [0.2, 0.25) is 0 Å². The van der Waals surface area contributed by atoms with Gasteiger partial charge in [-0.15, -0.1) is 0 Å². The van der Waals surface area contributed by atoms with Crippen LogP contribution in [0.5, 0.6) is 0 Å². The van der Waals surface area contributed by atoms with Gasteiger partial charge in [-0.05, 0) is 71.8 Å². The van der Waals surface area contributed by atoms with Gasteiger partial charge in [0.25, 0.3) is 0 Å². The van der Waals surface area contributed by atoms with Gasteiger partial charge in [-0.25, -0.2) is 15.0 Å². The van der Waals surface area contributed by atoms with Crippen molar-refractivity contribution in [1.29, 1.82) is 0 Å². The number of rotatable bonds is 6. The van der Waals surface area contributed by atoms with Gasteiger partial charge in [-0.2, -0.15) is 0 Å². The van der Waals surface area contributed by atoms with Crippen molar-refractivity contribution in [1.82, 2.24) is 15.0 Å². The minimum atomic E-state index is 0.623. The lowest BCUT2D eigenvalue weighted by Crippen LogP contribution is -2.03. The molecule has 1 aromatic heterocycles. The Bertz CT molecular complexity index is 2890. The smallest absolute Gasteiger partial charge is 0.164 e. The van der Waals surface area contributed by atoms with E-state index in [2.05, 4.69) is 188 Å². The molecular weight excluding hydrogens is 655 g/mol. The molecular formula is C51H33N3. The zero-order valence-corrected chi connectivity index (χ0v) is 29.4. The van der Waals surface area contributed by atoms with Gasteiger partial charge >= 0.3 is 0 Å². The van der Waals surface area contributed by atoms with E-state index in [1.807, 2.05) is 12.1 Å².